The predicted molar refractivity (Wildman–Crippen MR) is 42.8 cm³/mol. The van der Waals surface area contributed by atoms with E-state index in [4.69, 9.17) is 6.42 Å². The SMILES string of the molecule is C#CC(C)(CC)OS(=O)C(F)(F)F. The van der Waals surface area contributed by atoms with Gasteiger partial charge in [-0.25, -0.2) is 4.21 Å². The van der Waals surface area contributed by atoms with Gasteiger partial charge in [0, 0.05) is 0 Å². The molecule has 2 unspecified atom stereocenters. The maximum Gasteiger partial charge on any atom is 0.497 e. The van der Waals surface area contributed by atoms with Crippen LogP contribution in [-0.2, 0) is 15.3 Å². The monoisotopic (exact) mass is 214 g/mol. The Balaban J connectivity index is 4.47. The molecule has 2 nitrogen and oxygen atoms in total. The van der Waals surface area contributed by atoms with E-state index in [1.165, 1.54) is 6.92 Å². The fraction of sp³-hybridized carbons (Fsp3) is 0.714. The third-order valence-corrected chi connectivity index (χ3v) is 2.33. The Morgan fingerprint density at radius 2 is 2.00 bits per heavy atom. The van der Waals surface area contributed by atoms with E-state index in [1.807, 2.05) is 5.92 Å². The van der Waals surface area contributed by atoms with Crippen molar-refractivity contribution < 1.29 is 21.6 Å². The number of hydrogen-bond acceptors (Lipinski definition) is 2. The number of alkyl halides is 3. The zero-order valence-corrected chi connectivity index (χ0v) is 7.96. The smallest absolute Gasteiger partial charge is 0.264 e. The largest absolute Gasteiger partial charge is 0.497 e. The Morgan fingerprint density at radius 3 is 2.23 bits per heavy atom. The van der Waals surface area contributed by atoms with Gasteiger partial charge in [-0.3, -0.25) is 4.18 Å². The molecule has 0 radical (unpaired) electrons. The van der Waals surface area contributed by atoms with Crippen LogP contribution in [0, 0.1) is 12.3 Å². The van der Waals surface area contributed by atoms with Gasteiger partial charge in [-0.05, 0) is 13.3 Å². The van der Waals surface area contributed by atoms with Crippen molar-refractivity contribution in [1.82, 2.24) is 0 Å². The topological polar surface area (TPSA) is 26.3 Å². The maximum atomic E-state index is 11.8. The fourth-order valence-electron chi connectivity index (χ4n) is 0.399. The molecule has 13 heavy (non-hydrogen) atoms. The molecule has 0 aromatic carbocycles. The first-order valence-electron chi connectivity index (χ1n) is 3.41. The highest BCUT2D eigenvalue weighted by atomic mass is 32.2. The molecule has 2 atom stereocenters. The second-order valence-electron chi connectivity index (χ2n) is 2.49. The van der Waals surface area contributed by atoms with Crippen molar-refractivity contribution >= 4 is 11.1 Å². The summed E-state index contributed by atoms with van der Waals surface area (Å²) in [5, 5.41) is 0. The van der Waals surface area contributed by atoms with Crippen LogP contribution in [0.3, 0.4) is 0 Å². The van der Waals surface area contributed by atoms with Crippen molar-refractivity contribution in [2.24, 2.45) is 0 Å². The Kier molecular flexibility index (Phi) is 3.94. The molecule has 0 rings (SSSR count). The first kappa shape index (κ1) is 12.5. The molecule has 0 saturated heterocycles. The summed E-state index contributed by atoms with van der Waals surface area (Å²) in [6.07, 6.45) is 5.09. The molecule has 0 aliphatic rings. The quantitative estimate of drug-likeness (QED) is 0.671. The molecule has 0 heterocycles. The van der Waals surface area contributed by atoms with Gasteiger partial charge in [0.2, 0.25) is 0 Å². The van der Waals surface area contributed by atoms with E-state index in [1.54, 1.807) is 6.92 Å². The predicted octanol–water partition coefficient (Wildman–Crippen LogP) is 1.99. The number of halogens is 3. The van der Waals surface area contributed by atoms with Crippen LogP contribution in [0.5, 0.6) is 0 Å². The molecule has 0 aliphatic heterocycles. The van der Waals surface area contributed by atoms with Crippen LogP contribution in [0.25, 0.3) is 0 Å². The maximum absolute atomic E-state index is 11.8. The van der Waals surface area contributed by atoms with Gasteiger partial charge in [-0.1, -0.05) is 12.8 Å². The minimum Gasteiger partial charge on any atom is -0.264 e. The minimum atomic E-state index is -4.88. The highest BCUT2D eigenvalue weighted by Crippen LogP contribution is 2.26. The van der Waals surface area contributed by atoms with Crippen molar-refractivity contribution in [3.05, 3.63) is 0 Å². The number of rotatable bonds is 3. The van der Waals surface area contributed by atoms with Crippen LogP contribution in [0.1, 0.15) is 20.3 Å². The third kappa shape index (κ3) is 3.79. The third-order valence-electron chi connectivity index (χ3n) is 1.43. The first-order valence-corrected chi connectivity index (χ1v) is 4.48. The summed E-state index contributed by atoms with van der Waals surface area (Å²) < 4.78 is 50.0. The van der Waals surface area contributed by atoms with Crippen LogP contribution in [-0.4, -0.2) is 15.3 Å². The second kappa shape index (κ2) is 4.11. The molecule has 0 amide bonds. The normalized spacial score (nSPS) is 18.8. The van der Waals surface area contributed by atoms with Crippen LogP contribution in [0.4, 0.5) is 13.2 Å². The Morgan fingerprint density at radius 1 is 1.54 bits per heavy atom. The highest BCUT2D eigenvalue weighted by molar-refractivity contribution is 7.81. The molecule has 0 aliphatic carbocycles. The highest BCUT2D eigenvalue weighted by Gasteiger charge is 2.42. The molecule has 6 heteroatoms. The lowest BCUT2D eigenvalue weighted by molar-refractivity contribution is -0.0522. The van der Waals surface area contributed by atoms with E-state index in [-0.39, 0.29) is 6.42 Å². The van der Waals surface area contributed by atoms with E-state index in [9.17, 15) is 17.4 Å². The standard InChI is InChI=1S/C7H9F3O2S/c1-4-6(3,5-2)12-13(11)7(8,9)10/h1H,5H2,2-3H3. The zero-order chi connectivity index (χ0) is 10.7. The lowest BCUT2D eigenvalue weighted by Gasteiger charge is -2.21. The van der Waals surface area contributed by atoms with E-state index >= 15 is 0 Å². The fourth-order valence-corrected chi connectivity index (χ4v) is 0.994. The van der Waals surface area contributed by atoms with Crippen molar-refractivity contribution in [1.29, 1.82) is 0 Å². The average Bonchev–Trinajstić information content (AvgIpc) is 2.02. The summed E-state index contributed by atoms with van der Waals surface area (Å²) in [5.74, 6) is 2.02. The van der Waals surface area contributed by atoms with Gasteiger partial charge in [-0.15, -0.1) is 6.42 Å². The van der Waals surface area contributed by atoms with Crippen molar-refractivity contribution in [3.8, 4) is 12.3 Å². The molecule has 0 spiro atoms. The van der Waals surface area contributed by atoms with E-state index in [2.05, 4.69) is 4.18 Å². The molecule has 76 valence electrons. The number of terminal acetylenes is 1. The summed E-state index contributed by atoms with van der Waals surface area (Å²) in [6.45, 7) is 2.82. The summed E-state index contributed by atoms with van der Waals surface area (Å²) in [7, 11) is 0. The molecule has 0 bridgehead atoms. The molecular weight excluding hydrogens is 205 g/mol. The van der Waals surface area contributed by atoms with Gasteiger partial charge in [0.25, 0.3) is 11.1 Å². The van der Waals surface area contributed by atoms with E-state index in [0.29, 0.717) is 0 Å². The molecule has 0 aromatic rings. The summed E-state index contributed by atoms with van der Waals surface area (Å²) in [6, 6.07) is 0. The molecule has 0 fully saturated rings. The lowest BCUT2D eigenvalue weighted by atomic mass is 10.1. The molecule has 0 saturated carbocycles. The van der Waals surface area contributed by atoms with Gasteiger partial charge >= 0.3 is 5.51 Å². The lowest BCUT2D eigenvalue weighted by Crippen LogP contribution is -2.32. The van der Waals surface area contributed by atoms with Gasteiger partial charge in [0.15, 0.2) is 0 Å². The van der Waals surface area contributed by atoms with Crippen molar-refractivity contribution in [2.75, 3.05) is 0 Å². The van der Waals surface area contributed by atoms with Crippen LogP contribution in [0.2, 0.25) is 0 Å². The van der Waals surface area contributed by atoms with Gasteiger partial charge < -0.3 is 0 Å². The molecular formula is C7H9F3O2S. The van der Waals surface area contributed by atoms with Crippen molar-refractivity contribution in [2.45, 2.75) is 31.4 Å². The van der Waals surface area contributed by atoms with Gasteiger partial charge in [0.05, 0.1) is 0 Å². The summed E-state index contributed by atoms with van der Waals surface area (Å²) in [5.41, 5.74) is -6.31. The van der Waals surface area contributed by atoms with Crippen molar-refractivity contribution in [3.63, 3.8) is 0 Å². The van der Waals surface area contributed by atoms with Crippen LogP contribution < -0.4 is 0 Å². The Labute approximate surface area is 77.1 Å². The van der Waals surface area contributed by atoms with Gasteiger partial charge in [0.1, 0.15) is 5.60 Å². The second-order valence-corrected chi connectivity index (χ2v) is 3.59. The first-order chi connectivity index (χ1) is 5.75. The molecule has 0 N–H and O–H groups in total. The van der Waals surface area contributed by atoms with E-state index < -0.39 is 22.2 Å². The zero-order valence-electron chi connectivity index (χ0n) is 7.14. The van der Waals surface area contributed by atoms with Gasteiger partial charge in [-0.2, -0.15) is 13.2 Å². The Hall–Kier alpha value is -0.540. The minimum absolute atomic E-state index is 0.158. The summed E-state index contributed by atoms with van der Waals surface area (Å²) in [4.78, 5) is 0. The summed E-state index contributed by atoms with van der Waals surface area (Å²) >= 11 is -3.35. The molecule has 0 aromatic heterocycles. The van der Waals surface area contributed by atoms with Crippen LogP contribution in [0.15, 0.2) is 0 Å². The van der Waals surface area contributed by atoms with Crippen LogP contribution >= 0.6 is 0 Å². The Bertz CT molecular complexity index is 243. The average molecular weight is 214 g/mol. The van der Waals surface area contributed by atoms with E-state index in [0.717, 1.165) is 0 Å². The number of hydrogen-bond donors (Lipinski definition) is 0.